The van der Waals surface area contributed by atoms with Crippen LogP contribution in [0.5, 0.6) is 0 Å². The van der Waals surface area contributed by atoms with Gasteiger partial charge in [-0.15, -0.1) is 4.40 Å². The zero-order valence-electron chi connectivity index (χ0n) is 16.6. The minimum Gasteiger partial charge on any atom is -0.351 e. The number of hydrogen-bond acceptors (Lipinski definition) is 5. The van der Waals surface area contributed by atoms with Crippen molar-refractivity contribution in [1.29, 1.82) is 0 Å². The maximum atomic E-state index is 12.6. The van der Waals surface area contributed by atoms with Crippen LogP contribution >= 0.6 is 11.8 Å². The number of thioether (sulfide) groups is 1. The molecular formula is C21H25N3O3S2. The molecule has 0 fully saturated rings. The number of aryl methyl sites for hydroxylation is 1. The molecule has 3 rings (SSSR count). The molecule has 0 spiro atoms. The van der Waals surface area contributed by atoms with Gasteiger partial charge in [-0.05, 0) is 31.0 Å². The molecule has 1 N–H and O–H groups in total. The average Bonchev–Trinajstić information content (AvgIpc) is 2.71. The lowest BCUT2D eigenvalue weighted by Crippen LogP contribution is -2.36. The highest BCUT2D eigenvalue weighted by Crippen LogP contribution is 2.34. The van der Waals surface area contributed by atoms with Crippen molar-refractivity contribution in [1.82, 2.24) is 5.32 Å². The second-order valence-corrected chi connectivity index (χ2v) is 9.39. The lowest BCUT2D eigenvalue weighted by Gasteiger charge is -2.30. The summed E-state index contributed by atoms with van der Waals surface area (Å²) in [5, 5.41) is 3.22. The van der Waals surface area contributed by atoms with Crippen molar-refractivity contribution in [2.24, 2.45) is 4.40 Å². The Morgan fingerprint density at radius 2 is 1.86 bits per heavy atom. The van der Waals surface area contributed by atoms with Gasteiger partial charge in [-0.25, -0.2) is 0 Å². The molecule has 0 radical (unpaired) electrons. The topological polar surface area (TPSA) is 78.8 Å². The highest BCUT2D eigenvalue weighted by atomic mass is 32.2. The molecule has 2 aromatic rings. The number of unbranched alkanes of at least 4 members (excludes halogenated alkanes) is 1. The Labute approximate surface area is 176 Å². The maximum Gasteiger partial charge on any atom is 0.286 e. The molecule has 1 amide bonds. The summed E-state index contributed by atoms with van der Waals surface area (Å²) in [4.78, 5) is 14.4. The number of fused-ring (bicyclic) bond motifs is 1. The summed E-state index contributed by atoms with van der Waals surface area (Å²) in [6.45, 7) is 5.18. The SMILES string of the molecule is CCCCN1C(SCC(=O)NCc2ccc(C)cc2)=NS(=O)(=O)c2ccccc21. The van der Waals surface area contributed by atoms with Crippen molar-refractivity contribution in [3.63, 3.8) is 0 Å². The van der Waals surface area contributed by atoms with Crippen LogP contribution in [0.1, 0.15) is 30.9 Å². The van der Waals surface area contributed by atoms with Crippen LogP contribution in [-0.2, 0) is 21.4 Å². The van der Waals surface area contributed by atoms with Gasteiger partial charge in [0.2, 0.25) is 5.91 Å². The second-order valence-electron chi connectivity index (χ2n) is 6.87. The summed E-state index contributed by atoms with van der Waals surface area (Å²) in [5.74, 6) is -0.0599. The number of hydrogen-bond donors (Lipinski definition) is 1. The summed E-state index contributed by atoms with van der Waals surface area (Å²) in [6, 6.07) is 14.8. The zero-order valence-corrected chi connectivity index (χ0v) is 18.2. The lowest BCUT2D eigenvalue weighted by atomic mass is 10.1. The normalized spacial score (nSPS) is 14.8. The number of amidine groups is 1. The molecule has 0 saturated heterocycles. The fraction of sp³-hybridized carbons (Fsp3) is 0.333. The quantitative estimate of drug-likeness (QED) is 0.723. The van der Waals surface area contributed by atoms with Gasteiger partial charge in [-0.2, -0.15) is 8.42 Å². The molecule has 1 aliphatic heterocycles. The van der Waals surface area contributed by atoms with Crippen molar-refractivity contribution < 1.29 is 13.2 Å². The number of amides is 1. The first kappa shape index (κ1) is 21.4. The molecule has 0 atom stereocenters. The monoisotopic (exact) mass is 431 g/mol. The second kappa shape index (κ2) is 9.45. The molecule has 1 aliphatic rings. The lowest BCUT2D eigenvalue weighted by molar-refractivity contribution is -0.118. The summed E-state index contributed by atoms with van der Waals surface area (Å²) in [6.07, 6.45) is 1.87. The van der Waals surface area contributed by atoms with Crippen LogP contribution in [0.25, 0.3) is 0 Å². The average molecular weight is 432 g/mol. The molecule has 0 saturated carbocycles. The molecule has 2 aromatic carbocycles. The van der Waals surface area contributed by atoms with E-state index in [1.807, 2.05) is 42.2 Å². The highest BCUT2D eigenvalue weighted by Gasteiger charge is 2.30. The standard InChI is InChI=1S/C21H25N3O3S2/c1-3-4-13-24-18-7-5-6-8-19(18)29(26,27)23-21(24)28-15-20(25)22-14-17-11-9-16(2)10-12-17/h5-12H,3-4,13-15H2,1-2H3,(H,22,25). The molecule has 0 aliphatic carbocycles. The van der Waals surface area contributed by atoms with E-state index in [9.17, 15) is 13.2 Å². The number of nitrogens with one attached hydrogen (secondary N) is 1. The molecule has 0 aromatic heterocycles. The fourth-order valence-electron chi connectivity index (χ4n) is 2.93. The van der Waals surface area contributed by atoms with Gasteiger partial charge in [0, 0.05) is 13.1 Å². The van der Waals surface area contributed by atoms with Gasteiger partial charge >= 0.3 is 0 Å². The summed E-state index contributed by atoms with van der Waals surface area (Å²) >= 11 is 1.15. The van der Waals surface area contributed by atoms with Crippen LogP contribution < -0.4 is 10.2 Å². The van der Waals surface area contributed by atoms with Gasteiger partial charge < -0.3 is 10.2 Å². The smallest absolute Gasteiger partial charge is 0.286 e. The first-order valence-corrected chi connectivity index (χ1v) is 12.0. The van der Waals surface area contributed by atoms with Gasteiger partial charge in [-0.1, -0.05) is 67.1 Å². The number of nitrogens with zero attached hydrogens (tertiary/aromatic N) is 2. The van der Waals surface area contributed by atoms with E-state index in [1.165, 1.54) is 5.56 Å². The van der Waals surface area contributed by atoms with Crippen LogP contribution in [0.2, 0.25) is 0 Å². The predicted octanol–water partition coefficient (Wildman–Crippen LogP) is 3.71. The number of benzene rings is 2. The van der Waals surface area contributed by atoms with E-state index in [4.69, 9.17) is 0 Å². The molecule has 1 heterocycles. The highest BCUT2D eigenvalue weighted by molar-refractivity contribution is 8.15. The molecule has 0 unspecified atom stereocenters. The maximum absolute atomic E-state index is 12.6. The Hall–Kier alpha value is -2.32. The van der Waals surface area contributed by atoms with Crippen molar-refractivity contribution in [2.45, 2.75) is 38.1 Å². The molecule has 8 heteroatoms. The molecular weight excluding hydrogens is 406 g/mol. The van der Waals surface area contributed by atoms with Crippen LogP contribution in [0, 0.1) is 6.92 Å². The molecule has 0 bridgehead atoms. The number of anilines is 1. The first-order valence-electron chi connectivity index (χ1n) is 9.57. The number of para-hydroxylation sites is 1. The third kappa shape index (κ3) is 5.39. The molecule has 29 heavy (non-hydrogen) atoms. The minimum atomic E-state index is -3.76. The van der Waals surface area contributed by atoms with Gasteiger partial charge in [0.15, 0.2) is 5.17 Å². The number of rotatable bonds is 7. The zero-order chi connectivity index (χ0) is 20.9. The van der Waals surface area contributed by atoms with E-state index in [0.29, 0.717) is 23.9 Å². The Kier molecular flexibility index (Phi) is 6.97. The van der Waals surface area contributed by atoms with E-state index in [-0.39, 0.29) is 16.6 Å². The largest absolute Gasteiger partial charge is 0.351 e. The third-order valence-electron chi connectivity index (χ3n) is 4.54. The summed E-state index contributed by atoms with van der Waals surface area (Å²) in [7, 11) is -3.76. The Bertz CT molecular complexity index is 1000. The fourth-order valence-corrected chi connectivity index (χ4v) is 5.24. The predicted molar refractivity (Wildman–Crippen MR) is 119 cm³/mol. The third-order valence-corrected chi connectivity index (χ3v) is 6.95. The Morgan fingerprint density at radius 3 is 2.59 bits per heavy atom. The van der Waals surface area contributed by atoms with Crippen LogP contribution in [0.15, 0.2) is 57.8 Å². The van der Waals surface area contributed by atoms with E-state index in [2.05, 4.69) is 16.6 Å². The number of carbonyl (C=O) groups excluding carboxylic acids is 1. The van der Waals surface area contributed by atoms with Crippen molar-refractivity contribution >= 4 is 38.5 Å². The van der Waals surface area contributed by atoms with Crippen molar-refractivity contribution in [2.75, 3.05) is 17.2 Å². The van der Waals surface area contributed by atoms with Gasteiger partial charge in [0.1, 0.15) is 4.90 Å². The summed E-state index contributed by atoms with van der Waals surface area (Å²) < 4.78 is 29.1. The van der Waals surface area contributed by atoms with E-state index in [1.54, 1.807) is 18.2 Å². The Balaban J connectivity index is 1.68. The molecule has 6 nitrogen and oxygen atoms in total. The summed E-state index contributed by atoms with van der Waals surface area (Å²) in [5.41, 5.74) is 2.81. The van der Waals surface area contributed by atoms with Gasteiger partial charge in [0.05, 0.1) is 11.4 Å². The number of carbonyl (C=O) groups is 1. The van der Waals surface area contributed by atoms with E-state index >= 15 is 0 Å². The first-order chi connectivity index (χ1) is 13.9. The van der Waals surface area contributed by atoms with Crippen molar-refractivity contribution in [3.8, 4) is 0 Å². The van der Waals surface area contributed by atoms with Gasteiger partial charge in [0.25, 0.3) is 10.0 Å². The van der Waals surface area contributed by atoms with Crippen molar-refractivity contribution in [3.05, 3.63) is 59.7 Å². The Morgan fingerprint density at radius 1 is 1.14 bits per heavy atom. The number of sulfonamides is 1. The van der Waals surface area contributed by atoms with Gasteiger partial charge in [-0.3, -0.25) is 4.79 Å². The minimum absolute atomic E-state index is 0.102. The van der Waals surface area contributed by atoms with E-state index < -0.39 is 10.0 Å². The van der Waals surface area contributed by atoms with Crippen LogP contribution in [0.3, 0.4) is 0 Å². The van der Waals surface area contributed by atoms with Crippen LogP contribution in [0.4, 0.5) is 5.69 Å². The van der Waals surface area contributed by atoms with E-state index in [0.717, 1.165) is 30.2 Å². The van der Waals surface area contributed by atoms with Crippen LogP contribution in [-0.4, -0.2) is 31.8 Å². The molecule has 154 valence electrons.